The quantitative estimate of drug-likeness (QED) is 0.159. The normalized spacial score (nSPS) is 15.5. The van der Waals surface area contributed by atoms with E-state index in [1.807, 2.05) is 27.0 Å². The molecule has 12 heteroatoms. The number of carboxylic acids is 1. The lowest BCUT2D eigenvalue weighted by atomic mass is 9.98. The first-order chi connectivity index (χ1) is 15.8. The molecule has 0 radical (unpaired) electrons. The number of carboxylic acid groups (broad SMARTS) is 1. The predicted octanol–water partition coefficient (Wildman–Crippen LogP) is -0.0365. The summed E-state index contributed by atoms with van der Waals surface area (Å²) in [5.41, 5.74) is 11.1. The van der Waals surface area contributed by atoms with Gasteiger partial charge in [0, 0.05) is 6.42 Å². The first kappa shape index (κ1) is 31.7. The maximum absolute atomic E-state index is 13.0. The number of primary amides is 1. The van der Waals surface area contributed by atoms with Crippen LogP contribution in [0.2, 0.25) is 0 Å². The van der Waals surface area contributed by atoms with Crippen LogP contribution < -0.4 is 27.4 Å². The standard InChI is InChI=1S/C22H41N5O6S/c1-6-13(4)18(22(32)33)27-21(31)16(9-10-34-5)26-20(30)15(7-8-17(24)28)25-19(29)14(23)11-12(2)3/h12-16,18H,6-11,23H2,1-5H3,(H2,24,28)(H,25,29)(H,26,30)(H,27,31)(H,32,33). The minimum atomic E-state index is -1.16. The topological polar surface area (TPSA) is 194 Å². The van der Waals surface area contributed by atoms with Crippen molar-refractivity contribution in [3.8, 4) is 0 Å². The Morgan fingerprint density at radius 1 is 0.912 bits per heavy atom. The zero-order valence-electron chi connectivity index (χ0n) is 20.8. The van der Waals surface area contributed by atoms with Gasteiger partial charge in [-0.2, -0.15) is 11.8 Å². The molecular weight excluding hydrogens is 462 g/mol. The van der Waals surface area contributed by atoms with Gasteiger partial charge in [-0.25, -0.2) is 4.79 Å². The molecule has 0 fully saturated rings. The van der Waals surface area contributed by atoms with E-state index in [1.165, 1.54) is 11.8 Å². The largest absolute Gasteiger partial charge is 0.480 e. The molecule has 0 heterocycles. The van der Waals surface area contributed by atoms with Crippen molar-refractivity contribution in [2.24, 2.45) is 23.3 Å². The zero-order valence-corrected chi connectivity index (χ0v) is 21.6. The molecule has 0 aromatic heterocycles. The summed E-state index contributed by atoms with van der Waals surface area (Å²) in [6.07, 6.45) is 2.80. The van der Waals surface area contributed by atoms with Crippen molar-refractivity contribution in [1.29, 1.82) is 0 Å². The van der Waals surface area contributed by atoms with E-state index >= 15 is 0 Å². The van der Waals surface area contributed by atoms with Crippen molar-refractivity contribution in [2.75, 3.05) is 12.0 Å². The number of amides is 4. The van der Waals surface area contributed by atoms with Gasteiger partial charge in [0.05, 0.1) is 6.04 Å². The van der Waals surface area contributed by atoms with Crippen LogP contribution in [-0.4, -0.2) is 70.9 Å². The summed E-state index contributed by atoms with van der Waals surface area (Å²) >= 11 is 1.46. The molecule has 0 aliphatic carbocycles. The molecule has 0 aliphatic heterocycles. The molecule has 11 nitrogen and oxygen atoms in total. The second-order valence-corrected chi connectivity index (χ2v) is 9.84. The fraction of sp³-hybridized carbons (Fsp3) is 0.773. The van der Waals surface area contributed by atoms with Crippen molar-refractivity contribution in [3.05, 3.63) is 0 Å². The van der Waals surface area contributed by atoms with Gasteiger partial charge in [0.15, 0.2) is 0 Å². The van der Waals surface area contributed by atoms with Gasteiger partial charge in [0.25, 0.3) is 0 Å². The average molecular weight is 504 g/mol. The number of rotatable bonds is 17. The predicted molar refractivity (Wildman–Crippen MR) is 132 cm³/mol. The van der Waals surface area contributed by atoms with Gasteiger partial charge in [-0.1, -0.05) is 34.1 Å². The first-order valence-electron chi connectivity index (χ1n) is 11.5. The summed E-state index contributed by atoms with van der Waals surface area (Å²) < 4.78 is 0. The second kappa shape index (κ2) is 16.3. The molecule has 0 saturated heterocycles. The maximum atomic E-state index is 13.0. The number of nitrogens with two attached hydrogens (primary N) is 2. The van der Waals surface area contributed by atoms with Crippen LogP contribution in [0.15, 0.2) is 0 Å². The van der Waals surface area contributed by atoms with E-state index in [2.05, 4.69) is 16.0 Å². The van der Waals surface area contributed by atoms with Crippen LogP contribution in [0, 0.1) is 11.8 Å². The number of aliphatic carboxylic acids is 1. The zero-order chi connectivity index (χ0) is 26.4. The lowest BCUT2D eigenvalue weighted by molar-refractivity contribution is -0.143. The van der Waals surface area contributed by atoms with E-state index in [0.717, 1.165) is 0 Å². The van der Waals surface area contributed by atoms with Crippen LogP contribution in [0.4, 0.5) is 0 Å². The van der Waals surface area contributed by atoms with Gasteiger partial charge in [-0.3, -0.25) is 19.2 Å². The summed E-state index contributed by atoms with van der Waals surface area (Å²) in [5.74, 6) is -3.30. The Kier molecular flexibility index (Phi) is 15.2. The summed E-state index contributed by atoms with van der Waals surface area (Å²) in [7, 11) is 0. The molecule has 4 amide bonds. The van der Waals surface area contributed by atoms with Crippen LogP contribution in [0.5, 0.6) is 0 Å². The summed E-state index contributed by atoms with van der Waals surface area (Å²) in [6, 6.07) is -4.10. The van der Waals surface area contributed by atoms with Crippen LogP contribution in [-0.2, 0) is 24.0 Å². The Bertz CT molecular complexity index is 705. The second-order valence-electron chi connectivity index (χ2n) is 8.85. The molecule has 0 aliphatic rings. The van der Waals surface area contributed by atoms with Gasteiger partial charge in [-0.15, -0.1) is 0 Å². The first-order valence-corrected chi connectivity index (χ1v) is 12.9. The van der Waals surface area contributed by atoms with Crippen molar-refractivity contribution >= 4 is 41.4 Å². The number of nitrogens with one attached hydrogen (secondary N) is 3. The van der Waals surface area contributed by atoms with Crippen LogP contribution >= 0.6 is 11.8 Å². The Labute approximate surface area is 205 Å². The molecule has 34 heavy (non-hydrogen) atoms. The number of hydrogen-bond acceptors (Lipinski definition) is 7. The third kappa shape index (κ3) is 12.2. The third-order valence-electron chi connectivity index (χ3n) is 5.39. The third-order valence-corrected chi connectivity index (χ3v) is 6.04. The van der Waals surface area contributed by atoms with Crippen LogP contribution in [0.1, 0.15) is 59.8 Å². The van der Waals surface area contributed by atoms with E-state index < -0.39 is 53.8 Å². The van der Waals surface area contributed by atoms with Crippen molar-refractivity contribution in [1.82, 2.24) is 16.0 Å². The summed E-state index contributed by atoms with van der Waals surface area (Å²) in [6.45, 7) is 7.34. The van der Waals surface area contributed by atoms with Gasteiger partial charge >= 0.3 is 5.97 Å². The van der Waals surface area contributed by atoms with E-state index in [9.17, 15) is 29.1 Å². The van der Waals surface area contributed by atoms with E-state index in [4.69, 9.17) is 11.5 Å². The van der Waals surface area contributed by atoms with Crippen molar-refractivity contribution < 1.29 is 29.1 Å². The Morgan fingerprint density at radius 2 is 1.44 bits per heavy atom. The number of carbonyl (C=O) groups is 5. The van der Waals surface area contributed by atoms with Crippen molar-refractivity contribution in [2.45, 2.75) is 84.0 Å². The maximum Gasteiger partial charge on any atom is 0.326 e. The van der Waals surface area contributed by atoms with Crippen LogP contribution in [0.25, 0.3) is 0 Å². The number of thioether (sulfide) groups is 1. The van der Waals surface area contributed by atoms with Gasteiger partial charge in [0.1, 0.15) is 18.1 Å². The molecule has 8 N–H and O–H groups in total. The molecular formula is C22H41N5O6S. The fourth-order valence-electron chi connectivity index (χ4n) is 3.16. The molecule has 0 bridgehead atoms. The van der Waals surface area contributed by atoms with Gasteiger partial charge in [-0.05, 0) is 43.1 Å². The minimum absolute atomic E-state index is 0.0667. The molecule has 0 rings (SSSR count). The average Bonchev–Trinajstić information content (AvgIpc) is 2.75. The Hall–Kier alpha value is -2.34. The van der Waals surface area contributed by atoms with Gasteiger partial charge in [0.2, 0.25) is 23.6 Å². The molecule has 5 atom stereocenters. The molecule has 0 saturated carbocycles. The smallest absolute Gasteiger partial charge is 0.326 e. The highest BCUT2D eigenvalue weighted by molar-refractivity contribution is 7.98. The SMILES string of the molecule is CCC(C)C(NC(=O)C(CCSC)NC(=O)C(CCC(N)=O)NC(=O)C(N)CC(C)C)C(=O)O. The Morgan fingerprint density at radius 3 is 1.91 bits per heavy atom. The van der Waals surface area contributed by atoms with Gasteiger partial charge < -0.3 is 32.5 Å². The van der Waals surface area contributed by atoms with E-state index in [1.54, 1.807) is 6.92 Å². The number of carbonyl (C=O) groups excluding carboxylic acids is 4. The molecule has 0 aromatic carbocycles. The molecule has 0 spiro atoms. The van der Waals surface area contributed by atoms with Crippen molar-refractivity contribution in [3.63, 3.8) is 0 Å². The van der Waals surface area contributed by atoms with E-state index in [-0.39, 0.29) is 31.1 Å². The minimum Gasteiger partial charge on any atom is -0.480 e. The summed E-state index contributed by atoms with van der Waals surface area (Å²) in [5, 5.41) is 17.1. The lowest BCUT2D eigenvalue weighted by Crippen LogP contribution is -2.58. The summed E-state index contributed by atoms with van der Waals surface area (Å²) in [4.78, 5) is 61.2. The molecule has 5 unspecified atom stereocenters. The fourth-order valence-corrected chi connectivity index (χ4v) is 3.63. The monoisotopic (exact) mass is 503 g/mol. The Balaban J connectivity index is 5.56. The lowest BCUT2D eigenvalue weighted by Gasteiger charge is -2.26. The molecule has 0 aromatic rings. The van der Waals surface area contributed by atoms with E-state index in [0.29, 0.717) is 18.6 Å². The number of hydrogen-bond donors (Lipinski definition) is 6. The highest BCUT2D eigenvalue weighted by Gasteiger charge is 2.31. The molecule has 196 valence electrons. The van der Waals surface area contributed by atoms with Crippen LogP contribution in [0.3, 0.4) is 0 Å². The highest BCUT2D eigenvalue weighted by Crippen LogP contribution is 2.10. The highest BCUT2D eigenvalue weighted by atomic mass is 32.2.